The zero-order valence-electron chi connectivity index (χ0n) is 9.36. The van der Waals surface area contributed by atoms with Crippen molar-refractivity contribution in [3.05, 3.63) is 28.8 Å². The van der Waals surface area contributed by atoms with Crippen LogP contribution in [0.4, 0.5) is 5.69 Å². The summed E-state index contributed by atoms with van der Waals surface area (Å²) in [5.74, 6) is 0.326. The second kappa shape index (κ2) is 5.17. The summed E-state index contributed by atoms with van der Waals surface area (Å²) < 4.78 is 0. The Balaban J connectivity index is 2.87. The quantitative estimate of drug-likeness (QED) is 0.787. The molecule has 0 saturated carbocycles. The summed E-state index contributed by atoms with van der Waals surface area (Å²) in [6.07, 6.45) is 0.355. The third-order valence-electron chi connectivity index (χ3n) is 2.65. The Bertz CT molecular complexity index is 374. The fourth-order valence-electron chi connectivity index (χ4n) is 1.39. The standard InChI is InChI=1S/C12H16ClNO/c1-8-4-5-11(10(3)9(8)2)14-12(15)6-7-13/h4-5H,6-7H2,1-3H3,(H,14,15). The SMILES string of the molecule is Cc1ccc(NC(=O)CCCl)c(C)c1C. The minimum atomic E-state index is -0.0312. The average Bonchev–Trinajstić information content (AvgIpc) is 2.20. The Morgan fingerprint density at radius 1 is 1.27 bits per heavy atom. The Labute approximate surface area is 95.6 Å². The molecule has 3 heteroatoms. The predicted octanol–water partition coefficient (Wildman–Crippen LogP) is 3.18. The van der Waals surface area contributed by atoms with Crippen LogP contribution in [0.1, 0.15) is 23.1 Å². The molecule has 1 amide bonds. The van der Waals surface area contributed by atoms with E-state index in [1.807, 2.05) is 19.1 Å². The van der Waals surface area contributed by atoms with Crippen molar-refractivity contribution in [2.75, 3.05) is 11.2 Å². The van der Waals surface area contributed by atoms with Gasteiger partial charge in [-0.3, -0.25) is 4.79 Å². The summed E-state index contributed by atoms with van der Waals surface area (Å²) in [6.45, 7) is 6.13. The number of alkyl halides is 1. The Morgan fingerprint density at radius 2 is 1.93 bits per heavy atom. The fourth-order valence-corrected chi connectivity index (χ4v) is 1.56. The molecule has 0 unspecified atom stereocenters. The minimum absolute atomic E-state index is 0.0312. The van der Waals surface area contributed by atoms with Gasteiger partial charge in [0.15, 0.2) is 0 Å². The highest BCUT2D eigenvalue weighted by molar-refractivity contribution is 6.19. The first-order valence-corrected chi connectivity index (χ1v) is 5.52. The van der Waals surface area contributed by atoms with Gasteiger partial charge in [-0.25, -0.2) is 0 Å². The minimum Gasteiger partial charge on any atom is -0.326 e. The van der Waals surface area contributed by atoms with Crippen LogP contribution >= 0.6 is 11.6 Å². The summed E-state index contributed by atoms with van der Waals surface area (Å²) in [4.78, 5) is 11.4. The van der Waals surface area contributed by atoms with Crippen molar-refractivity contribution in [1.29, 1.82) is 0 Å². The van der Waals surface area contributed by atoms with Crippen LogP contribution in [0, 0.1) is 20.8 Å². The van der Waals surface area contributed by atoms with Crippen LogP contribution in [-0.2, 0) is 4.79 Å². The van der Waals surface area contributed by atoms with Gasteiger partial charge in [-0.1, -0.05) is 6.07 Å². The second-order valence-corrected chi connectivity index (χ2v) is 4.05. The first kappa shape index (κ1) is 12.1. The largest absolute Gasteiger partial charge is 0.326 e. The lowest BCUT2D eigenvalue weighted by Crippen LogP contribution is -2.13. The van der Waals surface area contributed by atoms with E-state index >= 15 is 0 Å². The molecular weight excluding hydrogens is 210 g/mol. The van der Waals surface area contributed by atoms with Gasteiger partial charge in [0.25, 0.3) is 0 Å². The van der Waals surface area contributed by atoms with Gasteiger partial charge in [-0.2, -0.15) is 0 Å². The molecular formula is C12H16ClNO. The lowest BCUT2D eigenvalue weighted by atomic mass is 10.0. The third kappa shape index (κ3) is 2.96. The second-order valence-electron chi connectivity index (χ2n) is 3.67. The van der Waals surface area contributed by atoms with Crippen molar-refractivity contribution < 1.29 is 4.79 Å². The lowest BCUT2D eigenvalue weighted by Gasteiger charge is -2.11. The normalized spacial score (nSPS) is 10.1. The van der Waals surface area contributed by atoms with Crippen molar-refractivity contribution >= 4 is 23.2 Å². The van der Waals surface area contributed by atoms with Crippen LogP contribution in [0.25, 0.3) is 0 Å². The summed E-state index contributed by atoms with van der Waals surface area (Å²) >= 11 is 5.50. The third-order valence-corrected chi connectivity index (χ3v) is 2.84. The van der Waals surface area contributed by atoms with Crippen LogP contribution in [0.2, 0.25) is 0 Å². The number of anilines is 1. The van der Waals surface area contributed by atoms with E-state index in [1.165, 1.54) is 11.1 Å². The smallest absolute Gasteiger partial charge is 0.225 e. The van der Waals surface area contributed by atoms with Crippen molar-refractivity contribution in [3.63, 3.8) is 0 Å². The van der Waals surface area contributed by atoms with Crippen molar-refractivity contribution in [2.24, 2.45) is 0 Å². The summed E-state index contributed by atoms with van der Waals surface area (Å²) in [7, 11) is 0. The number of hydrogen-bond acceptors (Lipinski definition) is 1. The van der Waals surface area contributed by atoms with Crippen molar-refractivity contribution in [1.82, 2.24) is 0 Å². The molecule has 1 rings (SSSR count). The first-order valence-electron chi connectivity index (χ1n) is 4.99. The molecule has 0 bridgehead atoms. The highest BCUT2D eigenvalue weighted by Crippen LogP contribution is 2.21. The van der Waals surface area contributed by atoms with E-state index in [0.29, 0.717) is 12.3 Å². The van der Waals surface area contributed by atoms with Crippen LogP contribution in [0.5, 0.6) is 0 Å². The molecule has 0 aliphatic rings. The lowest BCUT2D eigenvalue weighted by molar-refractivity contribution is -0.115. The van der Waals surface area contributed by atoms with Gasteiger partial charge in [0.05, 0.1) is 0 Å². The van der Waals surface area contributed by atoms with Crippen LogP contribution < -0.4 is 5.32 Å². The number of aryl methyl sites for hydroxylation is 1. The van der Waals surface area contributed by atoms with Gasteiger partial charge >= 0.3 is 0 Å². The average molecular weight is 226 g/mol. The van der Waals surface area contributed by atoms with Gasteiger partial charge in [-0.05, 0) is 43.5 Å². The van der Waals surface area contributed by atoms with Crippen LogP contribution in [-0.4, -0.2) is 11.8 Å². The number of amides is 1. The van der Waals surface area contributed by atoms with Crippen LogP contribution in [0.3, 0.4) is 0 Å². The maximum atomic E-state index is 11.4. The molecule has 0 fully saturated rings. The predicted molar refractivity (Wildman–Crippen MR) is 64.6 cm³/mol. The first-order chi connectivity index (χ1) is 7.06. The fraction of sp³-hybridized carbons (Fsp3) is 0.417. The van der Waals surface area contributed by atoms with Crippen LogP contribution in [0.15, 0.2) is 12.1 Å². The molecule has 1 aromatic carbocycles. The van der Waals surface area contributed by atoms with Crippen molar-refractivity contribution in [2.45, 2.75) is 27.2 Å². The summed E-state index contributed by atoms with van der Waals surface area (Å²) in [6, 6.07) is 3.95. The summed E-state index contributed by atoms with van der Waals surface area (Å²) in [5.41, 5.74) is 4.47. The van der Waals surface area contributed by atoms with E-state index < -0.39 is 0 Å². The zero-order chi connectivity index (χ0) is 11.4. The molecule has 0 aliphatic carbocycles. The molecule has 15 heavy (non-hydrogen) atoms. The van der Waals surface area contributed by atoms with E-state index in [9.17, 15) is 4.79 Å². The molecule has 82 valence electrons. The van der Waals surface area contributed by atoms with Gasteiger partial charge in [0.2, 0.25) is 5.91 Å². The molecule has 0 heterocycles. The Kier molecular flexibility index (Phi) is 4.15. The number of halogens is 1. The number of benzene rings is 1. The van der Waals surface area contributed by atoms with E-state index in [4.69, 9.17) is 11.6 Å². The molecule has 0 atom stereocenters. The van der Waals surface area contributed by atoms with Crippen molar-refractivity contribution in [3.8, 4) is 0 Å². The number of carbonyl (C=O) groups is 1. The molecule has 0 radical (unpaired) electrons. The molecule has 1 N–H and O–H groups in total. The molecule has 0 aliphatic heterocycles. The number of carbonyl (C=O) groups excluding carboxylic acids is 1. The molecule has 1 aromatic rings. The maximum absolute atomic E-state index is 11.4. The maximum Gasteiger partial charge on any atom is 0.225 e. The van der Waals surface area contributed by atoms with E-state index in [2.05, 4.69) is 19.2 Å². The molecule has 0 spiro atoms. The van der Waals surface area contributed by atoms with Gasteiger partial charge in [-0.15, -0.1) is 11.6 Å². The topological polar surface area (TPSA) is 29.1 Å². The van der Waals surface area contributed by atoms with E-state index in [0.717, 1.165) is 11.3 Å². The van der Waals surface area contributed by atoms with E-state index in [1.54, 1.807) is 0 Å². The van der Waals surface area contributed by atoms with Gasteiger partial charge < -0.3 is 5.32 Å². The molecule has 0 aromatic heterocycles. The van der Waals surface area contributed by atoms with Gasteiger partial charge in [0.1, 0.15) is 0 Å². The van der Waals surface area contributed by atoms with E-state index in [-0.39, 0.29) is 5.91 Å². The zero-order valence-corrected chi connectivity index (χ0v) is 10.1. The molecule has 0 saturated heterocycles. The Hall–Kier alpha value is -1.02. The molecule has 2 nitrogen and oxygen atoms in total. The monoisotopic (exact) mass is 225 g/mol. The highest BCUT2D eigenvalue weighted by Gasteiger charge is 2.06. The highest BCUT2D eigenvalue weighted by atomic mass is 35.5. The summed E-state index contributed by atoms with van der Waals surface area (Å²) in [5, 5.41) is 2.86. The number of rotatable bonds is 3. The van der Waals surface area contributed by atoms with Gasteiger partial charge in [0, 0.05) is 18.0 Å². The number of nitrogens with one attached hydrogen (secondary N) is 1. The Morgan fingerprint density at radius 3 is 2.53 bits per heavy atom. The number of hydrogen-bond donors (Lipinski definition) is 1.